The summed E-state index contributed by atoms with van der Waals surface area (Å²) in [6.07, 6.45) is 0.289. The predicted octanol–water partition coefficient (Wildman–Crippen LogP) is 3.65. The number of nitriles is 1. The molecular weight excluding hydrogens is 284 g/mol. The van der Waals surface area contributed by atoms with E-state index >= 15 is 0 Å². The zero-order chi connectivity index (χ0) is 15.1. The van der Waals surface area contributed by atoms with Crippen molar-refractivity contribution in [3.63, 3.8) is 0 Å². The Labute approximate surface area is 128 Å². The van der Waals surface area contributed by atoms with Crippen molar-refractivity contribution in [2.45, 2.75) is 13.3 Å². The van der Waals surface area contributed by atoms with Gasteiger partial charge in [-0.2, -0.15) is 5.26 Å². The molecule has 0 spiro atoms. The molecule has 108 valence electrons. The van der Waals surface area contributed by atoms with Crippen LogP contribution in [0, 0.1) is 11.3 Å². The number of benzene rings is 1. The number of ether oxygens (including phenoxy) is 1. The summed E-state index contributed by atoms with van der Waals surface area (Å²) in [5, 5.41) is 12.6. The van der Waals surface area contributed by atoms with Crippen LogP contribution in [0.25, 0.3) is 10.4 Å². The zero-order valence-corrected chi connectivity index (χ0v) is 12.6. The molecule has 0 bridgehead atoms. The molecule has 1 N–H and O–H groups in total. The van der Waals surface area contributed by atoms with Crippen LogP contribution in [0.4, 0.5) is 5.00 Å². The van der Waals surface area contributed by atoms with Crippen molar-refractivity contribution in [3.8, 4) is 16.5 Å². The van der Waals surface area contributed by atoms with Gasteiger partial charge in [-0.1, -0.05) is 30.3 Å². The fourth-order valence-corrected chi connectivity index (χ4v) is 2.84. The van der Waals surface area contributed by atoms with Gasteiger partial charge >= 0.3 is 0 Å². The van der Waals surface area contributed by atoms with Crippen molar-refractivity contribution in [2.75, 3.05) is 18.5 Å². The Bertz CT molecular complexity index is 644. The minimum Gasteiger partial charge on any atom is -0.381 e. The molecule has 1 aromatic carbocycles. The molecule has 0 aliphatic rings. The molecule has 0 radical (unpaired) electrons. The van der Waals surface area contributed by atoms with E-state index in [4.69, 9.17) is 4.74 Å². The lowest BCUT2D eigenvalue weighted by Crippen LogP contribution is -2.13. The van der Waals surface area contributed by atoms with Crippen molar-refractivity contribution >= 4 is 22.2 Å². The van der Waals surface area contributed by atoms with Crippen LogP contribution in [0.3, 0.4) is 0 Å². The summed E-state index contributed by atoms with van der Waals surface area (Å²) in [5.74, 6) is -0.138. The van der Waals surface area contributed by atoms with Gasteiger partial charge in [-0.15, -0.1) is 11.3 Å². The maximum absolute atomic E-state index is 11.8. The highest BCUT2D eigenvalue weighted by molar-refractivity contribution is 7.19. The van der Waals surface area contributed by atoms with E-state index in [1.54, 1.807) is 6.07 Å². The summed E-state index contributed by atoms with van der Waals surface area (Å²) in [6, 6.07) is 13.7. The van der Waals surface area contributed by atoms with E-state index in [2.05, 4.69) is 11.4 Å². The standard InChI is InChI=1S/C16H16N2O2S/c1-2-20-9-8-15(19)18-16-13(11-17)10-14(21-16)12-6-4-3-5-7-12/h3-7,10H,2,8-9H2,1H3,(H,18,19). The van der Waals surface area contributed by atoms with E-state index in [-0.39, 0.29) is 12.3 Å². The third-order valence-electron chi connectivity index (χ3n) is 2.84. The number of thiophene rings is 1. The Balaban J connectivity index is 2.11. The molecule has 2 rings (SSSR count). The highest BCUT2D eigenvalue weighted by Gasteiger charge is 2.12. The Morgan fingerprint density at radius 3 is 2.81 bits per heavy atom. The van der Waals surface area contributed by atoms with E-state index in [0.29, 0.717) is 23.8 Å². The van der Waals surface area contributed by atoms with Gasteiger partial charge in [-0.3, -0.25) is 4.79 Å². The first-order chi connectivity index (χ1) is 10.2. The molecule has 1 aromatic heterocycles. The Hall–Kier alpha value is -2.16. The predicted molar refractivity (Wildman–Crippen MR) is 84.2 cm³/mol. The van der Waals surface area contributed by atoms with Crippen molar-refractivity contribution in [2.24, 2.45) is 0 Å². The maximum Gasteiger partial charge on any atom is 0.227 e. The molecule has 0 unspecified atom stereocenters. The van der Waals surface area contributed by atoms with Crippen LogP contribution in [0.2, 0.25) is 0 Å². The van der Waals surface area contributed by atoms with Crippen LogP contribution < -0.4 is 5.32 Å². The Morgan fingerprint density at radius 2 is 2.14 bits per heavy atom. The van der Waals surface area contributed by atoms with Gasteiger partial charge in [-0.25, -0.2) is 0 Å². The van der Waals surface area contributed by atoms with Gasteiger partial charge in [-0.05, 0) is 18.6 Å². The quantitative estimate of drug-likeness (QED) is 0.828. The fourth-order valence-electron chi connectivity index (χ4n) is 1.81. The van der Waals surface area contributed by atoms with Gasteiger partial charge in [0.25, 0.3) is 0 Å². The SMILES string of the molecule is CCOCCC(=O)Nc1sc(-c2ccccc2)cc1C#N. The molecule has 21 heavy (non-hydrogen) atoms. The molecule has 0 saturated carbocycles. The molecule has 4 nitrogen and oxygen atoms in total. The first-order valence-corrected chi connectivity index (χ1v) is 7.53. The van der Waals surface area contributed by atoms with Crippen LogP contribution in [0.1, 0.15) is 18.9 Å². The molecule has 0 saturated heterocycles. The van der Waals surface area contributed by atoms with E-state index in [1.807, 2.05) is 37.3 Å². The molecule has 0 aliphatic carbocycles. The lowest BCUT2D eigenvalue weighted by molar-refractivity contribution is -0.117. The van der Waals surface area contributed by atoms with Crippen LogP contribution >= 0.6 is 11.3 Å². The number of carbonyl (C=O) groups excluding carboxylic acids is 1. The topological polar surface area (TPSA) is 62.1 Å². The minimum absolute atomic E-state index is 0.138. The van der Waals surface area contributed by atoms with Crippen LogP contribution in [-0.2, 0) is 9.53 Å². The Morgan fingerprint density at radius 1 is 1.38 bits per heavy atom. The average Bonchev–Trinajstić information content (AvgIpc) is 2.91. The van der Waals surface area contributed by atoms with Crippen molar-refractivity contribution in [3.05, 3.63) is 42.0 Å². The van der Waals surface area contributed by atoms with Crippen molar-refractivity contribution in [1.29, 1.82) is 5.26 Å². The molecule has 2 aromatic rings. The van der Waals surface area contributed by atoms with Crippen LogP contribution in [0.15, 0.2) is 36.4 Å². The van der Waals surface area contributed by atoms with E-state index < -0.39 is 0 Å². The molecule has 5 heteroatoms. The first-order valence-electron chi connectivity index (χ1n) is 6.71. The second-order valence-corrected chi connectivity index (χ2v) is 5.38. The fraction of sp³-hybridized carbons (Fsp3) is 0.250. The highest BCUT2D eigenvalue weighted by atomic mass is 32.1. The number of nitrogens with zero attached hydrogens (tertiary/aromatic N) is 1. The van der Waals surface area contributed by atoms with Gasteiger partial charge in [0.1, 0.15) is 11.1 Å². The summed E-state index contributed by atoms with van der Waals surface area (Å²) in [7, 11) is 0. The van der Waals surface area contributed by atoms with Gasteiger partial charge in [0.15, 0.2) is 0 Å². The first kappa shape index (κ1) is 15.2. The lowest BCUT2D eigenvalue weighted by Gasteiger charge is -2.03. The summed E-state index contributed by atoms with van der Waals surface area (Å²) in [5.41, 5.74) is 1.53. The molecule has 0 atom stereocenters. The van der Waals surface area contributed by atoms with E-state index in [9.17, 15) is 10.1 Å². The van der Waals surface area contributed by atoms with Gasteiger partial charge in [0.05, 0.1) is 18.6 Å². The molecule has 1 heterocycles. The van der Waals surface area contributed by atoms with Crippen molar-refractivity contribution < 1.29 is 9.53 Å². The second kappa shape index (κ2) is 7.58. The maximum atomic E-state index is 11.8. The monoisotopic (exact) mass is 300 g/mol. The molecule has 0 fully saturated rings. The average molecular weight is 300 g/mol. The van der Waals surface area contributed by atoms with Gasteiger partial charge in [0.2, 0.25) is 5.91 Å². The van der Waals surface area contributed by atoms with Crippen molar-refractivity contribution in [1.82, 2.24) is 0 Å². The molecular formula is C16H16N2O2S. The van der Waals surface area contributed by atoms with E-state index in [0.717, 1.165) is 10.4 Å². The number of anilines is 1. The number of hydrogen-bond acceptors (Lipinski definition) is 4. The summed E-state index contributed by atoms with van der Waals surface area (Å²) >= 11 is 1.41. The normalized spacial score (nSPS) is 10.1. The lowest BCUT2D eigenvalue weighted by atomic mass is 10.2. The number of hydrogen-bond donors (Lipinski definition) is 1. The smallest absolute Gasteiger partial charge is 0.227 e. The summed E-state index contributed by atoms with van der Waals surface area (Å²) in [6.45, 7) is 2.87. The third kappa shape index (κ3) is 4.15. The highest BCUT2D eigenvalue weighted by Crippen LogP contribution is 2.34. The molecule has 0 aliphatic heterocycles. The third-order valence-corrected chi connectivity index (χ3v) is 3.94. The van der Waals surface area contributed by atoms with Crippen LogP contribution in [-0.4, -0.2) is 19.1 Å². The number of rotatable bonds is 6. The number of nitrogens with one attached hydrogen (secondary N) is 1. The summed E-state index contributed by atoms with van der Waals surface area (Å²) in [4.78, 5) is 12.8. The van der Waals surface area contributed by atoms with Gasteiger partial charge < -0.3 is 10.1 Å². The number of amides is 1. The molecule has 1 amide bonds. The van der Waals surface area contributed by atoms with Crippen LogP contribution in [0.5, 0.6) is 0 Å². The summed E-state index contributed by atoms with van der Waals surface area (Å²) < 4.78 is 5.15. The van der Waals surface area contributed by atoms with E-state index in [1.165, 1.54) is 11.3 Å². The Kier molecular flexibility index (Phi) is 5.50. The second-order valence-electron chi connectivity index (χ2n) is 4.33. The zero-order valence-electron chi connectivity index (χ0n) is 11.8. The largest absolute Gasteiger partial charge is 0.381 e. The number of carbonyl (C=O) groups is 1. The minimum atomic E-state index is -0.138. The van der Waals surface area contributed by atoms with Gasteiger partial charge in [0, 0.05) is 11.5 Å².